The number of benzene rings is 1. The maximum Gasteiger partial charge on any atom is 0.133 e. The number of nitrogens with one attached hydrogen (secondary N) is 1. The van der Waals surface area contributed by atoms with Crippen LogP contribution in [0.4, 0.5) is 0 Å². The van der Waals surface area contributed by atoms with Crippen LogP contribution in [0, 0.1) is 5.92 Å². The molecular weight excluding hydrogens is 326 g/mol. The van der Waals surface area contributed by atoms with Crippen molar-refractivity contribution in [3.8, 4) is 5.75 Å². The predicted molar refractivity (Wildman–Crippen MR) is 95.0 cm³/mol. The fourth-order valence-corrected chi connectivity index (χ4v) is 3.36. The van der Waals surface area contributed by atoms with E-state index in [0.29, 0.717) is 6.04 Å². The van der Waals surface area contributed by atoms with Crippen LogP contribution in [0.3, 0.4) is 0 Å². The Labute approximate surface area is 138 Å². The van der Waals surface area contributed by atoms with E-state index in [4.69, 9.17) is 4.74 Å². The van der Waals surface area contributed by atoms with E-state index in [1.54, 1.807) is 7.11 Å². The Balaban J connectivity index is 2.82. The van der Waals surface area contributed by atoms with Gasteiger partial charge in [-0.15, -0.1) is 0 Å². The van der Waals surface area contributed by atoms with Gasteiger partial charge < -0.3 is 10.1 Å². The highest BCUT2D eigenvalue weighted by Crippen LogP contribution is 2.32. The summed E-state index contributed by atoms with van der Waals surface area (Å²) in [7, 11) is 1.71. The summed E-state index contributed by atoms with van der Waals surface area (Å²) in [6.45, 7) is 7.76. The van der Waals surface area contributed by atoms with Crippen molar-refractivity contribution in [1.82, 2.24) is 5.32 Å². The molecular formula is C18H30BrNO. The van der Waals surface area contributed by atoms with Gasteiger partial charge in [-0.2, -0.15) is 0 Å². The topological polar surface area (TPSA) is 21.3 Å². The number of ether oxygens (including phenoxy) is 1. The van der Waals surface area contributed by atoms with Crippen LogP contribution in [0.2, 0.25) is 0 Å². The van der Waals surface area contributed by atoms with Gasteiger partial charge in [0.15, 0.2) is 0 Å². The third kappa shape index (κ3) is 5.99. The highest BCUT2D eigenvalue weighted by molar-refractivity contribution is 9.10. The van der Waals surface area contributed by atoms with Gasteiger partial charge in [-0.1, -0.05) is 52.5 Å². The van der Waals surface area contributed by atoms with Crippen molar-refractivity contribution in [3.05, 3.63) is 28.2 Å². The van der Waals surface area contributed by atoms with Gasteiger partial charge in [0.05, 0.1) is 11.6 Å². The van der Waals surface area contributed by atoms with Crippen molar-refractivity contribution in [2.45, 2.75) is 58.9 Å². The molecule has 0 saturated carbocycles. The van der Waals surface area contributed by atoms with Crippen LogP contribution in [0.1, 0.15) is 64.5 Å². The van der Waals surface area contributed by atoms with E-state index < -0.39 is 0 Å². The van der Waals surface area contributed by atoms with Crippen LogP contribution < -0.4 is 10.1 Å². The molecule has 120 valence electrons. The summed E-state index contributed by atoms with van der Waals surface area (Å²) in [5, 5.41) is 3.64. The van der Waals surface area contributed by atoms with Crippen LogP contribution in [0.15, 0.2) is 22.7 Å². The molecule has 1 aromatic carbocycles. The molecule has 0 spiro atoms. The molecule has 0 heterocycles. The van der Waals surface area contributed by atoms with Crippen LogP contribution >= 0.6 is 15.9 Å². The maximum atomic E-state index is 5.33. The Hall–Kier alpha value is -0.540. The Bertz CT molecular complexity index is 408. The van der Waals surface area contributed by atoms with E-state index in [2.05, 4.69) is 60.2 Å². The third-order valence-electron chi connectivity index (χ3n) is 4.14. The van der Waals surface area contributed by atoms with Crippen LogP contribution in [-0.4, -0.2) is 13.7 Å². The predicted octanol–water partition coefficient (Wildman–Crippen LogP) is 5.71. The smallest absolute Gasteiger partial charge is 0.133 e. The van der Waals surface area contributed by atoms with E-state index in [1.165, 1.54) is 37.7 Å². The summed E-state index contributed by atoms with van der Waals surface area (Å²) in [5.74, 6) is 1.70. The van der Waals surface area contributed by atoms with Gasteiger partial charge in [0.2, 0.25) is 0 Å². The minimum Gasteiger partial charge on any atom is -0.496 e. The van der Waals surface area contributed by atoms with E-state index in [1.807, 2.05) is 0 Å². The van der Waals surface area contributed by atoms with Gasteiger partial charge in [0, 0.05) is 6.04 Å². The minimum absolute atomic E-state index is 0.430. The highest BCUT2D eigenvalue weighted by Gasteiger charge is 2.17. The first kappa shape index (κ1) is 18.5. The third-order valence-corrected chi connectivity index (χ3v) is 4.76. The quantitative estimate of drug-likeness (QED) is 0.579. The lowest BCUT2D eigenvalue weighted by atomic mass is 9.89. The zero-order chi connectivity index (χ0) is 15.7. The number of methoxy groups -OCH3 is 1. The molecule has 0 aromatic heterocycles. The first-order chi connectivity index (χ1) is 10.2. The van der Waals surface area contributed by atoms with Gasteiger partial charge in [-0.25, -0.2) is 0 Å². The van der Waals surface area contributed by atoms with Crippen molar-refractivity contribution >= 4 is 15.9 Å². The molecule has 0 fully saturated rings. The largest absolute Gasteiger partial charge is 0.496 e. The fraction of sp³-hybridized carbons (Fsp3) is 0.667. The number of rotatable bonds is 10. The monoisotopic (exact) mass is 355 g/mol. The molecule has 3 heteroatoms. The lowest BCUT2D eigenvalue weighted by Crippen LogP contribution is -2.23. The fourth-order valence-electron chi connectivity index (χ4n) is 2.80. The minimum atomic E-state index is 0.430. The summed E-state index contributed by atoms with van der Waals surface area (Å²) in [5.41, 5.74) is 1.35. The Morgan fingerprint density at radius 2 is 2.00 bits per heavy atom. The summed E-state index contributed by atoms with van der Waals surface area (Å²) in [6, 6.07) is 6.86. The summed E-state index contributed by atoms with van der Waals surface area (Å²) in [4.78, 5) is 0. The number of unbranched alkanes of at least 4 members (excludes halogenated alkanes) is 1. The number of hydrogen-bond acceptors (Lipinski definition) is 2. The van der Waals surface area contributed by atoms with Crippen molar-refractivity contribution in [3.63, 3.8) is 0 Å². The average molecular weight is 356 g/mol. The summed E-state index contributed by atoms with van der Waals surface area (Å²) in [6.07, 6.45) is 6.44. The van der Waals surface area contributed by atoms with E-state index >= 15 is 0 Å². The second-order valence-electron chi connectivity index (χ2n) is 5.66. The van der Waals surface area contributed by atoms with Crippen LogP contribution in [-0.2, 0) is 0 Å². The van der Waals surface area contributed by atoms with E-state index in [9.17, 15) is 0 Å². The molecule has 1 rings (SSSR count). The Kier molecular flexibility index (Phi) is 9.02. The molecule has 2 atom stereocenters. The lowest BCUT2D eigenvalue weighted by molar-refractivity contribution is 0.356. The zero-order valence-electron chi connectivity index (χ0n) is 13.9. The van der Waals surface area contributed by atoms with Crippen molar-refractivity contribution in [2.75, 3.05) is 13.7 Å². The molecule has 2 nitrogen and oxygen atoms in total. The highest BCUT2D eigenvalue weighted by atomic mass is 79.9. The molecule has 0 aliphatic rings. The van der Waals surface area contributed by atoms with Gasteiger partial charge >= 0.3 is 0 Å². The second-order valence-corrected chi connectivity index (χ2v) is 6.51. The van der Waals surface area contributed by atoms with Crippen molar-refractivity contribution < 1.29 is 4.74 Å². The first-order valence-electron chi connectivity index (χ1n) is 8.22. The second kappa shape index (κ2) is 10.2. The average Bonchev–Trinajstić information content (AvgIpc) is 2.50. The van der Waals surface area contributed by atoms with Crippen LogP contribution in [0.5, 0.6) is 5.75 Å². The maximum absolute atomic E-state index is 5.33. The molecule has 1 aromatic rings. The molecule has 21 heavy (non-hydrogen) atoms. The van der Waals surface area contributed by atoms with E-state index in [0.717, 1.165) is 22.7 Å². The van der Waals surface area contributed by atoms with E-state index in [-0.39, 0.29) is 0 Å². The number of halogens is 1. The van der Waals surface area contributed by atoms with Crippen LogP contribution in [0.25, 0.3) is 0 Å². The Morgan fingerprint density at radius 1 is 1.24 bits per heavy atom. The van der Waals surface area contributed by atoms with Gasteiger partial charge in [-0.3, -0.25) is 0 Å². The van der Waals surface area contributed by atoms with Gasteiger partial charge in [0.1, 0.15) is 5.75 Å². The molecule has 0 aliphatic heterocycles. The Morgan fingerprint density at radius 3 is 2.52 bits per heavy atom. The number of hydrogen-bond donors (Lipinski definition) is 1. The molecule has 0 saturated heterocycles. The molecule has 0 amide bonds. The SMILES string of the molecule is CCCCC(CC)CC(NCC)c1ccc(OC)c(Br)c1. The standard InChI is InChI=1S/C18H30BrNO/c1-5-8-9-14(6-2)12-17(20-7-3)15-10-11-18(21-4)16(19)13-15/h10-11,13-14,17,20H,5-9,12H2,1-4H3. The summed E-state index contributed by atoms with van der Waals surface area (Å²) >= 11 is 3.60. The van der Waals surface area contributed by atoms with Crippen molar-refractivity contribution in [1.29, 1.82) is 0 Å². The molecule has 2 unspecified atom stereocenters. The molecule has 0 radical (unpaired) electrons. The zero-order valence-corrected chi connectivity index (χ0v) is 15.5. The molecule has 0 aliphatic carbocycles. The first-order valence-corrected chi connectivity index (χ1v) is 9.02. The normalized spacial score (nSPS) is 14.0. The lowest BCUT2D eigenvalue weighted by Gasteiger charge is -2.24. The molecule has 0 bridgehead atoms. The van der Waals surface area contributed by atoms with Gasteiger partial charge in [-0.05, 0) is 52.5 Å². The van der Waals surface area contributed by atoms with Gasteiger partial charge in [0.25, 0.3) is 0 Å². The van der Waals surface area contributed by atoms with Crippen molar-refractivity contribution in [2.24, 2.45) is 5.92 Å². The molecule has 1 N–H and O–H groups in total. The summed E-state index contributed by atoms with van der Waals surface area (Å²) < 4.78 is 6.36.